The molecule has 1 unspecified atom stereocenters. The summed E-state index contributed by atoms with van der Waals surface area (Å²) in [7, 11) is 0. The van der Waals surface area contributed by atoms with E-state index in [0.29, 0.717) is 6.04 Å². The molecule has 0 aliphatic carbocycles. The second-order valence-corrected chi connectivity index (χ2v) is 4.95. The van der Waals surface area contributed by atoms with Crippen LogP contribution in [0.4, 0.5) is 0 Å². The molecule has 1 N–H and O–H groups in total. The second kappa shape index (κ2) is 12.3. The maximum Gasteiger partial charge on any atom is 0.0627 e. The molecule has 0 aromatic rings. The van der Waals surface area contributed by atoms with Crippen LogP contribution in [0.2, 0.25) is 0 Å². The van der Waals surface area contributed by atoms with Crippen molar-refractivity contribution < 1.29 is 4.74 Å². The predicted molar refractivity (Wildman–Crippen MR) is 70.8 cm³/mol. The van der Waals surface area contributed by atoms with E-state index in [-0.39, 0.29) is 0 Å². The molecule has 0 amide bonds. The van der Waals surface area contributed by atoms with Gasteiger partial charge in [0.15, 0.2) is 0 Å². The Kier molecular flexibility index (Phi) is 12.6. The average Bonchev–Trinajstić information content (AvgIpc) is 2.25. The zero-order valence-electron chi connectivity index (χ0n) is 10.6. The third kappa shape index (κ3) is 10.6. The van der Waals surface area contributed by atoms with Crippen molar-refractivity contribution in [2.45, 2.75) is 46.1 Å². The van der Waals surface area contributed by atoms with Gasteiger partial charge in [0, 0.05) is 18.4 Å². The average molecular weight is 233 g/mol. The zero-order chi connectivity index (χ0) is 11.4. The van der Waals surface area contributed by atoms with Crippen LogP contribution < -0.4 is 5.32 Å². The van der Waals surface area contributed by atoms with Crippen molar-refractivity contribution in [1.29, 1.82) is 0 Å². The SMILES string of the molecule is CCCNC(COCCC)CSCCC. The van der Waals surface area contributed by atoms with Gasteiger partial charge in [0.2, 0.25) is 0 Å². The third-order valence-electron chi connectivity index (χ3n) is 2.02. The van der Waals surface area contributed by atoms with Crippen LogP contribution >= 0.6 is 11.8 Å². The molecule has 0 radical (unpaired) electrons. The van der Waals surface area contributed by atoms with E-state index in [1.54, 1.807) is 0 Å². The van der Waals surface area contributed by atoms with E-state index in [4.69, 9.17) is 4.74 Å². The van der Waals surface area contributed by atoms with Crippen LogP contribution in [0.15, 0.2) is 0 Å². The van der Waals surface area contributed by atoms with E-state index in [1.165, 1.54) is 24.3 Å². The van der Waals surface area contributed by atoms with Crippen molar-refractivity contribution in [3.8, 4) is 0 Å². The molecule has 3 heteroatoms. The molecule has 0 aromatic heterocycles. The molecule has 0 saturated carbocycles. The lowest BCUT2D eigenvalue weighted by molar-refractivity contribution is 0.117. The van der Waals surface area contributed by atoms with E-state index < -0.39 is 0 Å². The molecule has 0 fully saturated rings. The summed E-state index contributed by atoms with van der Waals surface area (Å²) in [4.78, 5) is 0. The number of hydrogen-bond donors (Lipinski definition) is 1. The lowest BCUT2D eigenvalue weighted by atomic mass is 10.3. The lowest BCUT2D eigenvalue weighted by Gasteiger charge is -2.18. The Morgan fingerprint density at radius 1 is 1.13 bits per heavy atom. The van der Waals surface area contributed by atoms with Gasteiger partial charge in [-0.05, 0) is 31.6 Å². The van der Waals surface area contributed by atoms with E-state index in [0.717, 1.165) is 26.2 Å². The first-order valence-corrected chi connectivity index (χ1v) is 7.39. The highest BCUT2D eigenvalue weighted by Crippen LogP contribution is 2.05. The normalized spacial score (nSPS) is 13.0. The fourth-order valence-corrected chi connectivity index (χ4v) is 2.21. The van der Waals surface area contributed by atoms with Crippen LogP contribution in [-0.4, -0.2) is 37.3 Å². The van der Waals surface area contributed by atoms with Crippen LogP contribution in [0, 0.1) is 0 Å². The minimum Gasteiger partial charge on any atom is -0.380 e. The van der Waals surface area contributed by atoms with E-state index in [2.05, 4.69) is 26.1 Å². The maximum absolute atomic E-state index is 5.60. The minimum absolute atomic E-state index is 0.535. The Bertz CT molecular complexity index is 112. The summed E-state index contributed by atoms with van der Waals surface area (Å²) in [6, 6.07) is 0.535. The number of hydrogen-bond acceptors (Lipinski definition) is 3. The molecule has 1 atom stereocenters. The van der Waals surface area contributed by atoms with Gasteiger partial charge in [-0.3, -0.25) is 0 Å². The van der Waals surface area contributed by atoms with E-state index in [1.807, 2.05) is 11.8 Å². The molecule has 0 rings (SSSR count). The Hall–Kier alpha value is 0.270. The topological polar surface area (TPSA) is 21.3 Å². The quantitative estimate of drug-likeness (QED) is 0.554. The highest BCUT2D eigenvalue weighted by molar-refractivity contribution is 7.99. The molecule has 0 saturated heterocycles. The number of thioether (sulfide) groups is 1. The van der Waals surface area contributed by atoms with Gasteiger partial charge in [-0.25, -0.2) is 0 Å². The maximum atomic E-state index is 5.60. The lowest BCUT2D eigenvalue weighted by Crippen LogP contribution is -2.36. The number of rotatable bonds is 11. The van der Waals surface area contributed by atoms with E-state index in [9.17, 15) is 0 Å². The number of ether oxygens (including phenoxy) is 1. The second-order valence-electron chi connectivity index (χ2n) is 3.80. The zero-order valence-corrected chi connectivity index (χ0v) is 11.4. The monoisotopic (exact) mass is 233 g/mol. The summed E-state index contributed by atoms with van der Waals surface area (Å²) in [6.07, 6.45) is 3.58. The third-order valence-corrected chi connectivity index (χ3v) is 3.35. The van der Waals surface area contributed by atoms with Crippen molar-refractivity contribution in [1.82, 2.24) is 5.32 Å². The van der Waals surface area contributed by atoms with Gasteiger partial charge < -0.3 is 10.1 Å². The smallest absolute Gasteiger partial charge is 0.0627 e. The first-order chi connectivity index (χ1) is 7.35. The molecule has 0 bridgehead atoms. The van der Waals surface area contributed by atoms with Gasteiger partial charge in [-0.1, -0.05) is 20.8 Å². The van der Waals surface area contributed by atoms with Crippen molar-refractivity contribution >= 4 is 11.8 Å². The highest BCUT2D eigenvalue weighted by atomic mass is 32.2. The van der Waals surface area contributed by atoms with Gasteiger partial charge in [0.1, 0.15) is 0 Å². The number of nitrogens with one attached hydrogen (secondary N) is 1. The Morgan fingerprint density at radius 2 is 1.93 bits per heavy atom. The fourth-order valence-electron chi connectivity index (χ4n) is 1.25. The molecule has 0 heterocycles. The summed E-state index contributed by atoms with van der Waals surface area (Å²) < 4.78 is 5.60. The van der Waals surface area contributed by atoms with Crippen molar-refractivity contribution in [3.05, 3.63) is 0 Å². The van der Waals surface area contributed by atoms with Crippen LogP contribution in [0.3, 0.4) is 0 Å². The Morgan fingerprint density at radius 3 is 2.53 bits per heavy atom. The van der Waals surface area contributed by atoms with Crippen molar-refractivity contribution in [3.63, 3.8) is 0 Å². The van der Waals surface area contributed by atoms with E-state index >= 15 is 0 Å². The van der Waals surface area contributed by atoms with Gasteiger partial charge in [-0.15, -0.1) is 0 Å². The largest absolute Gasteiger partial charge is 0.380 e. The molecule has 0 aliphatic heterocycles. The summed E-state index contributed by atoms with van der Waals surface area (Å²) in [5.41, 5.74) is 0. The van der Waals surface area contributed by atoms with Crippen LogP contribution in [0.25, 0.3) is 0 Å². The first-order valence-electron chi connectivity index (χ1n) is 6.23. The van der Waals surface area contributed by atoms with Crippen LogP contribution in [-0.2, 0) is 4.74 Å². The van der Waals surface area contributed by atoms with Crippen LogP contribution in [0.5, 0.6) is 0 Å². The predicted octanol–water partition coefficient (Wildman–Crippen LogP) is 2.92. The van der Waals surface area contributed by atoms with Gasteiger partial charge in [-0.2, -0.15) is 11.8 Å². The van der Waals surface area contributed by atoms with Crippen LogP contribution in [0.1, 0.15) is 40.0 Å². The Labute approximate surface area is 99.5 Å². The summed E-state index contributed by atoms with van der Waals surface area (Å²) in [6.45, 7) is 9.45. The highest BCUT2D eigenvalue weighted by Gasteiger charge is 2.07. The minimum atomic E-state index is 0.535. The molecule has 15 heavy (non-hydrogen) atoms. The van der Waals surface area contributed by atoms with Gasteiger partial charge >= 0.3 is 0 Å². The first kappa shape index (κ1) is 15.3. The summed E-state index contributed by atoms with van der Waals surface area (Å²) in [5, 5.41) is 3.54. The fraction of sp³-hybridized carbons (Fsp3) is 1.00. The molecule has 0 aromatic carbocycles. The molecule has 2 nitrogen and oxygen atoms in total. The van der Waals surface area contributed by atoms with Gasteiger partial charge in [0.05, 0.1) is 6.61 Å². The van der Waals surface area contributed by atoms with Crippen molar-refractivity contribution in [2.24, 2.45) is 0 Å². The Balaban J connectivity index is 3.53. The summed E-state index contributed by atoms with van der Waals surface area (Å²) in [5.74, 6) is 2.44. The molecule has 0 spiro atoms. The molecule has 92 valence electrons. The molecule has 0 aliphatic rings. The summed E-state index contributed by atoms with van der Waals surface area (Å²) >= 11 is 2.03. The van der Waals surface area contributed by atoms with Gasteiger partial charge in [0.25, 0.3) is 0 Å². The molecular weight excluding hydrogens is 206 g/mol. The molecular formula is C12H27NOS. The standard InChI is InChI=1S/C12H27NOS/c1-4-7-13-12(10-14-8-5-2)11-15-9-6-3/h12-13H,4-11H2,1-3H3. The van der Waals surface area contributed by atoms with Crippen molar-refractivity contribution in [2.75, 3.05) is 31.3 Å².